The Morgan fingerprint density at radius 3 is 2.68 bits per heavy atom. The molecule has 0 aliphatic heterocycles. The van der Waals surface area contributed by atoms with Gasteiger partial charge >= 0.3 is 0 Å². The first kappa shape index (κ1) is 13.8. The third kappa shape index (κ3) is 4.23. The average molecular weight is 261 g/mol. The molecular weight excluding hydrogens is 238 g/mol. The van der Waals surface area contributed by atoms with Crippen molar-refractivity contribution in [2.45, 2.75) is 45.6 Å². The van der Waals surface area contributed by atoms with Crippen LogP contribution in [0.25, 0.3) is 0 Å². The van der Waals surface area contributed by atoms with Gasteiger partial charge in [-0.25, -0.2) is 4.98 Å². The van der Waals surface area contributed by atoms with Gasteiger partial charge in [-0.1, -0.05) is 26.7 Å². The Labute approximate surface area is 115 Å². The highest BCUT2D eigenvalue weighted by molar-refractivity contribution is 5.92. The van der Waals surface area contributed by atoms with Gasteiger partial charge in [-0.05, 0) is 30.9 Å². The number of nitrogens with zero attached hydrogens (tertiary/aromatic N) is 1. The highest BCUT2D eigenvalue weighted by atomic mass is 16.1. The van der Waals surface area contributed by atoms with Crippen LogP contribution >= 0.6 is 0 Å². The molecule has 0 aromatic carbocycles. The smallest absolute Gasteiger partial charge is 0.270 e. The monoisotopic (exact) mass is 261 g/mol. The summed E-state index contributed by atoms with van der Waals surface area (Å²) in [5.74, 6) is 0.535. The second kappa shape index (κ2) is 6.55. The van der Waals surface area contributed by atoms with Crippen molar-refractivity contribution in [3.63, 3.8) is 0 Å². The molecule has 2 rings (SSSR count). The Bertz CT molecular complexity index is 408. The zero-order valence-electron chi connectivity index (χ0n) is 11.8. The number of nitrogens with one attached hydrogen (secondary N) is 2. The maximum Gasteiger partial charge on any atom is 0.270 e. The minimum absolute atomic E-state index is 0.0534. The molecule has 4 heteroatoms. The van der Waals surface area contributed by atoms with Gasteiger partial charge in [0, 0.05) is 12.6 Å². The van der Waals surface area contributed by atoms with Gasteiger partial charge in [0.2, 0.25) is 0 Å². The van der Waals surface area contributed by atoms with E-state index in [1.807, 2.05) is 6.07 Å². The Kier molecular flexibility index (Phi) is 4.77. The van der Waals surface area contributed by atoms with E-state index >= 15 is 0 Å². The van der Waals surface area contributed by atoms with Crippen molar-refractivity contribution in [3.8, 4) is 0 Å². The number of hydrogen-bond acceptors (Lipinski definition) is 3. The first-order valence-electron chi connectivity index (χ1n) is 7.16. The van der Waals surface area contributed by atoms with Crippen LogP contribution < -0.4 is 10.6 Å². The van der Waals surface area contributed by atoms with Crippen molar-refractivity contribution in [2.24, 2.45) is 5.92 Å². The van der Waals surface area contributed by atoms with Crippen LogP contribution in [-0.2, 0) is 0 Å². The van der Waals surface area contributed by atoms with E-state index in [-0.39, 0.29) is 5.91 Å². The molecule has 0 radical (unpaired) electrons. The minimum atomic E-state index is -0.0534. The van der Waals surface area contributed by atoms with Gasteiger partial charge in [-0.2, -0.15) is 0 Å². The lowest BCUT2D eigenvalue weighted by atomic mass is 10.2. The summed E-state index contributed by atoms with van der Waals surface area (Å²) in [5.41, 5.74) is 1.47. The topological polar surface area (TPSA) is 54.0 Å². The molecule has 1 heterocycles. The molecule has 1 aromatic rings. The summed E-state index contributed by atoms with van der Waals surface area (Å²) in [6, 6.07) is 4.04. The molecule has 1 aromatic heterocycles. The number of carbonyl (C=O) groups excluding carboxylic acids is 1. The molecule has 104 valence electrons. The van der Waals surface area contributed by atoms with E-state index in [0.717, 1.165) is 25.1 Å². The molecule has 2 N–H and O–H groups in total. The van der Waals surface area contributed by atoms with E-state index in [2.05, 4.69) is 29.5 Å². The molecule has 1 amide bonds. The number of hydrogen-bond donors (Lipinski definition) is 2. The lowest BCUT2D eigenvalue weighted by molar-refractivity contribution is 0.0933. The Hall–Kier alpha value is -1.58. The summed E-state index contributed by atoms with van der Waals surface area (Å²) in [7, 11) is 0. The van der Waals surface area contributed by atoms with Gasteiger partial charge in [-0.15, -0.1) is 0 Å². The Morgan fingerprint density at radius 2 is 2.11 bits per heavy atom. The van der Waals surface area contributed by atoms with Gasteiger partial charge in [0.25, 0.3) is 5.91 Å². The molecule has 4 nitrogen and oxygen atoms in total. The molecular formula is C15H23N3O. The van der Waals surface area contributed by atoms with Crippen LogP contribution in [0.15, 0.2) is 18.3 Å². The fourth-order valence-corrected chi connectivity index (χ4v) is 2.28. The van der Waals surface area contributed by atoms with Crippen LogP contribution in [0.4, 0.5) is 5.69 Å². The lowest BCUT2D eigenvalue weighted by Gasteiger charge is -2.12. The molecule has 1 saturated carbocycles. The zero-order chi connectivity index (χ0) is 13.7. The van der Waals surface area contributed by atoms with Crippen molar-refractivity contribution < 1.29 is 4.79 Å². The maximum atomic E-state index is 12.0. The molecule has 1 aliphatic rings. The number of aromatic nitrogens is 1. The van der Waals surface area contributed by atoms with Gasteiger partial charge in [-0.3, -0.25) is 4.79 Å². The lowest BCUT2D eigenvalue weighted by Crippen LogP contribution is -2.33. The fraction of sp³-hybridized carbons (Fsp3) is 0.600. The normalized spacial score (nSPS) is 15.7. The predicted molar refractivity (Wildman–Crippen MR) is 77.3 cm³/mol. The highest BCUT2D eigenvalue weighted by Crippen LogP contribution is 2.18. The summed E-state index contributed by atoms with van der Waals surface area (Å²) in [5, 5.41) is 6.33. The summed E-state index contributed by atoms with van der Waals surface area (Å²) in [6.07, 6.45) is 6.36. The van der Waals surface area contributed by atoms with Crippen LogP contribution in [0.1, 0.15) is 50.0 Å². The molecule has 0 atom stereocenters. The van der Waals surface area contributed by atoms with Crippen LogP contribution in [0.5, 0.6) is 0 Å². The highest BCUT2D eigenvalue weighted by Gasteiger charge is 2.18. The molecule has 0 spiro atoms. The second-order valence-corrected chi connectivity index (χ2v) is 5.66. The molecule has 0 bridgehead atoms. The van der Waals surface area contributed by atoms with Gasteiger partial charge in [0.05, 0.1) is 11.9 Å². The van der Waals surface area contributed by atoms with Crippen LogP contribution in [-0.4, -0.2) is 23.5 Å². The largest absolute Gasteiger partial charge is 0.384 e. The Morgan fingerprint density at radius 1 is 1.37 bits per heavy atom. The molecule has 1 aliphatic carbocycles. The first-order valence-corrected chi connectivity index (χ1v) is 7.16. The number of pyridine rings is 1. The van der Waals surface area contributed by atoms with E-state index in [1.54, 1.807) is 12.3 Å². The van der Waals surface area contributed by atoms with E-state index in [9.17, 15) is 4.79 Å². The van der Waals surface area contributed by atoms with Gasteiger partial charge < -0.3 is 10.6 Å². The quantitative estimate of drug-likeness (QED) is 0.857. The summed E-state index contributed by atoms with van der Waals surface area (Å²) >= 11 is 0. The number of carbonyl (C=O) groups is 1. The zero-order valence-corrected chi connectivity index (χ0v) is 11.8. The summed E-state index contributed by atoms with van der Waals surface area (Å²) < 4.78 is 0. The molecule has 0 saturated heterocycles. The predicted octanol–water partition coefficient (Wildman–Crippen LogP) is 2.82. The van der Waals surface area contributed by atoms with Crippen molar-refractivity contribution in [1.29, 1.82) is 0 Å². The van der Waals surface area contributed by atoms with Crippen LogP contribution in [0, 0.1) is 5.92 Å². The minimum Gasteiger partial charge on any atom is -0.384 e. The number of amides is 1. The SMILES string of the molecule is CC(C)CNc1ccc(C(=O)NC2CCCC2)nc1. The molecule has 19 heavy (non-hydrogen) atoms. The second-order valence-electron chi connectivity index (χ2n) is 5.66. The van der Waals surface area contributed by atoms with Crippen LogP contribution in [0.2, 0.25) is 0 Å². The first-order chi connectivity index (χ1) is 9.15. The standard InChI is InChI=1S/C15H23N3O/c1-11(2)9-16-13-7-8-14(17-10-13)15(19)18-12-5-3-4-6-12/h7-8,10-12,16H,3-6,9H2,1-2H3,(H,18,19). The van der Waals surface area contributed by atoms with Crippen molar-refractivity contribution in [2.75, 3.05) is 11.9 Å². The van der Waals surface area contributed by atoms with Crippen molar-refractivity contribution in [3.05, 3.63) is 24.0 Å². The van der Waals surface area contributed by atoms with Crippen molar-refractivity contribution >= 4 is 11.6 Å². The summed E-state index contributed by atoms with van der Waals surface area (Å²) in [4.78, 5) is 16.2. The fourth-order valence-electron chi connectivity index (χ4n) is 2.28. The Balaban J connectivity index is 1.88. The third-order valence-electron chi connectivity index (χ3n) is 3.40. The van der Waals surface area contributed by atoms with E-state index in [1.165, 1.54) is 12.8 Å². The van der Waals surface area contributed by atoms with Gasteiger partial charge in [0.1, 0.15) is 5.69 Å². The summed E-state index contributed by atoms with van der Waals surface area (Å²) in [6.45, 7) is 5.23. The van der Waals surface area contributed by atoms with E-state index in [4.69, 9.17) is 0 Å². The molecule has 1 fully saturated rings. The average Bonchev–Trinajstić information content (AvgIpc) is 2.89. The third-order valence-corrected chi connectivity index (χ3v) is 3.40. The van der Waals surface area contributed by atoms with Crippen LogP contribution in [0.3, 0.4) is 0 Å². The van der Waals surface area contributed by atoms with E-state index < -0.39 is 0 Å². The maximum absolute atomic E-state index is 12.0. The number of anilines is 1. The van der Waals surface area contributed by atoms with Gasteiger partial charge in [0.15, 0.2) is 0 Å². The number of rotatable bonds is 5. The van der Waals surface area contributed by atoms with E-state index in [0.29, 0.717) is 17.7 Å². The van der Waals surface area contributed by atoms with Crippen molar-refractivity contribution in [1.82, 2.24) is 10.3 Å². The molecule has 0 unspecified atom stereocenters.